The molecule has 146 valence electrons. The van der Waals surface area contributed by atoms with Crippen LogP contribution in [0, 0.1) is 5.82 Å². The average Bonchev–Trinajstić information content (AvgIpc) is 2.67. The van der Waals surface area contributed by atoms with Crippen LogP contribution in [0.3, 0.4) is 0 Å². The number of halogens is 2. The van der Waals surface area contributed by atoms with Crippen molar-refractivity contribution in [1.82, 2.24) is 4.98 Å². The average molecular weight is 492 g/mol. The zero-order valence-corrected chi connectivity index (χ0v) is 17.8. The molecule has 0 radical (unpaired) electrons. The SMILES string of the molecule is CCc1cccc(NC(N)=NCc2cccnc2Oc2cccc(F)c2)c1.I. The predicted molar refractivity (Wildman–Crippen MR) is 121 cm³/mol. The van der Waals surface area contributed by atoms with Gasteiger partial charge in [-0.15, -0.1) is 24.0 Å². The third kappa shape index (κ3) is 6.19. The van der Waals surface area contributed by atoms with Crippen molar-refractivity contribution in [3.8, 4) is 11.6 Å². The van der Waals surface area contributed by atoms with Gasteiger partial charge in [0.05, 0.1) is 6.54 Å². The number of pyridine rings is 1. The maximum Gasteiger partial charge on any atom is 0.224 e. The second kappa shape index (κ2) is 10.6. The van der Waals surface area contributed by atoms with Gasteiger partial charge in [0.25, 0.3) is 0 Å². The second-order valence-corrected chi connectivity index (χ2v) is 5.91. The standard InChI is InChI=1S/C21H21FN4O.HI/c1-2-15-6-3-9-18(12-15)26-21(23)25-14-16-7-5-11-24-20(16)27-19-10-4-8-17(22)13-19;/h3-13H,2,14H2,1H3,(H3,23,25,26);1H. The summed E-state index contributed by atoms with van der Waals surface area (Å²) >= 11 is 0. The summed E-state index contributed by atoms with van der Waals surface area (Å²) in [5.74, 6) is 0.670. The number of nitrogens with one attached hydrogen (secondary N) is 1. The lowest BCUT2D eigenvalue weighted by Gasteiger charge is -2.10. The summed E-state index contributed by atoms with van der Waals surface area (Å²) in [6.07, 6.45) is 2.56. The van der Waals surface area contributed by atoms with Gasteiger partial charge in [0.1, 0.15) is 11.6 Å². The molecule has 0 saturated heterocycles. The predicted octanol–water partition coefficient (Wildman–Crippen LogP) is 5.12. The summed E-state index contributed by atoms with van der Waals surface area (Å²) in [5, 5.41) is 3.08. The van der Waals surface area contributed by atoms with Crippen molar-refractivity contribution in [3.63, 3.8) is 0 Å². The van der Waals surface area contributed by atoms with Crippen LogP contribution < -0.4 is 15.8 Å². The smallest absolute Gasteiger partial charge is 0.224 e. The topological polar surface area (TPSA) is 72.5 Å². The van der Waals surface area contributed by atoms with E-state index in [-0.39, 0.29) is 36.3 Å². The van der Waals surface area contributed by atoms with E-state index in [1.807, 2.05) is 24.3 Å². The molecule has 0 aliphatic carbocycles. The van der Waals surface area contributed by atoms with Gasteiger partial charge in [-0.1, -0.05) is 31.2 Å². The van der Waals surface area contributed by atoms with E-state index < -0.39 is 0 Å². The van der Waals surface area contributed by atoms with Crippen LogP contribution in [-0.2, 0) is 13.0 Å². The number of nitrogens with two attached hydrogens (primary N) is 1. The fourth-order valence-electron chi connectivity index (χ4n) is 2.51. The van der Waals surface area contributed by atoms with Gasteiger partial charge >= 0.3 is 0 Å². The molecule has 0 fully saturated rings. The van der Waals surface area contributed by atoms with E-state index >= 15 is 0 Å². The van der Waals surface area contributed by atoms with Gasteiger partial charge in [-0.2, -0.15) is 0 Å². The molecule has 3 aromatic rings. The molecule has 2 aromatic carbocycles. The Morgan fingerprint density at radius 3 is 2.75 bits per heavy atom. The van der Waals surface area contributed by atoms with E-state index in [1.54, 1.807) is 24.4 Å². The van der Waals surface area contributed by atoms with Crippen LogP contribution >= 0.6 is 24.0 Å². The number of anilines is 1. The first kappa shape index (κ1) is 21.6. The Hall–Kier alpha value is -2.68. The molecule has 0 aliphatic heterocycles. The number of nitrogens with zero attached hydrogens (tertiary/aromatic N) is 2. The third-order valence-corrected chi connectivity index (χ3v) is 3.89. The second-order valence-electron chi connectivity index (χ2n) is 5.91. The molecule has 1 heterocycles. The van der Waals surface area contributed by atoms with Gasteiger partial charge in [-0.3, -0.25) is 0 Å². The first-order valence-corrected chi connectivity index (χ1v) is 8.67. The van der Waals surface area contributed by atoms with E-state index in [0.717, 1.165) is 17.7 Å². The van der Waals surface area contributed by atoms with E-state index in [9.17, 15) is 4.39 Å². The molecule has 7 heteroatoms. The largest absolute Gasteiger partial charge is 0.439 e. The normalized spacial score (nSPS) is 10.9. The minimum atomic E-state index is -0.370. The zero-order valence-electron chi connectivity index (χ0n) is 15.4. The highest BCUT2D eigenvalue weighted by molar-refractivity contribution is 14.0. The van der Waals surface area contributed by atoms with E-state index in [1.165, 1.54) is 17.7 Å². The Labute approximate surface area is 180 Å². The molecule has 0 aliphatic rings. The van der Waals surface area contributed by atoms with Crippen LogP contribution in [0.5, 0.6) is 11.6 Å². The molecule has 3 N–H and O–H groups in total. The van der Waals surface area contributed by atoms with Gasteiger partial charge in [0.15, 0.2) is 5.96 Å². The maximum absolute atomic E-state index is 13.3. The Bertz CT molecular complexity index is 949. The first-order valence-electron chi connectivity index (χ1n) is 8.67. The lowest BCUT2D eigenvalue weighted by Crippen LogP contribution is -2.22. The molecule has 3 rings (SSSR count). The molecule has 0 bridgehead atoms. The molecule has 0 atom stereocenters. The molecular weight excluding hydrogens is 470 g/mol. The van der Waals surface area contributed by atoms with Gasteiger partial charge in [0, 0.05) is 23.5 Å². The number of hydrogen-bond donors (Lipinski definition) is 2. The van der Waals surface area contributed by atoms with Gasteiger partial charge in [-0.25, -0.2) is 14.4 Å². The fourth-order valence-corrected chi connectivity index (χ4v) is 2.51. The maximum atomic E-state index is 13.3. The molecule has 1 aromatic heterocycles. The van der Waals surface area contributed by atoms with Crippen molar-refractivity contribution >= 4 is 35.6 Å². The third-order valence-electron chi connectivity index (χ3n) is 3.89. The van der Waals surface area contributed by atoms with Crippen LogP contribution in [0.2, 0.25) is 0 Å². The molecule has 0 unspecified atom stereocenters. The van der Waals surface area contributed by atoms with Crippen molar-refractivity contribution in [1.29, 1.82) is 0 Å². The van der Waals surface area contributed by atoms with Crippen molar-refractivity contribution in [2.45, 2.75) is 19.9 Å². The van der Waals surface area contributed by atoms with E-state index in [4.69, 9.17) is 10.5 Å². The van der Waals surface area contributed by atoms with Crippen molar-refractivity contribution in [2.24, 2.45) is 10.7 Å². The van der Waals surface area contributed by atoms with Gasteiger partial charge in [-0.05, 0) is 42.3 Å². The number of aryl methyl sites for hydroxylation is 1. The first-order chi connectivity index (χ1) is 13.1. The number of rotatable bonds is 6. The number of benzene rings is 2. The highest BCUT2D eigenvalue weighted by Gasteiger charge is 2.07. The number of guanidine groups is 1. The summed E-state index contributed by atoms with van der Waals surface area (Å²) in [6, 6.07) is 17.5. The van der Waals surface area contributed by atoms with Crippen LogP contribution in [-0.4, -0.2) is 10.9 Å². The lowest BCUT2D eigenvalue weighted by atomic mass is 10.1. The van der Waals surface area contributed by atoms with Gasteiger partial charge in [0.2, 0.25) is 5.88 Å². The van der Waals surface area contributed by atoms with Crippen LogP contribution in [0.15, 0.2) is 71.9 Å². The number of hydrogen-bond acceptors (Lipinski definition) is 3. The van der Waals surface area contributed by atoms with Crippen molar-refractivity contribution < 1.29 is 9.13 Å². The Morgan fingerprint density at radius 1 is 1.14 bits per heavy atom. The van der Waals surface area contributed by atoms with E-state index in [2.05, 4.69) is 28.3 Å². The molecule has 0 amide bonds. The van der Waals surface area contributed by atoms with E-state index in [0.29, 0.717) is 17.6 Å². The molecule has 28 heavy (non-hydrogen) atoms. The highest BCUT2D eigenvalue weighted by Crippen LogP contribution is 2.24. The fraction of sp³-hybridized carbons (Fsp3) is 0.143. The van der Waals surface area contributed by atoms with Crippen LogP contribution in [0.4, 0.5) is 10.1 Å². The number of aromatic nitrogens is 1. The number of ether oxygens (including phenoxy) is 1. The molecule has 0 saturated carbocycles. The Morgan fingerprint density at radius 2 is 1.96 bits per heavy atom. The summed E-state index contributed by atoms with van der Waals surface area (Å²) in [6.45, 7) is 2.38. The summed E-state index contributed by atoms with van der Waals surface area (Å²) in [7, 11) is 0. The van der Waals surface area contributed by atoms with Crippen LogP contribution in [0.1, 0.15) is 18.1 Å². The molecular formula is C21H22FIN4O. The summed E-state index contributed by atoms with van der Waals surface area (Å²) < 4.78 is 19.0. The number of aliphatic imine (C=N–C) groups is 1. The highest BCUT2D eigenvalue weighted by atomic mass is 127. The minimum absolute atomic E-state index is 0. The monoisotopic (exact) mass is 492 g/mol. The Kier molecular flexibility index (Phi) is 8.19. The summed E-state index contributed by atoms with van der Waals surface area (Å²) in [5.41, 5.74) is 8.84. The van der Waals surface area contributed by atoms with Crippen molar-refractivity contribution in [2.75, 3.05) is 5.32 Å². The molecule has 0 spiro atoms. The lowest BCUT2D eigenvalue weighted by molar-refractivity contribution is 0.452. The zero-order chi connectivity index (χ0) is 19.1. The molecule has 5 nitrogen and oxygen atoms in total. The van der Waals surface area contributed by atoms with Crippen LogP contribution in [0.25, 0.3) is 0 Å². The summed E-state index contributed by atoms with van der Waals surface area (Å²) in [4.78, 5) is 8.57. The quantitative estimate of drug-likeness (QED) is 0.285. The minimum Gasteiger partial charge on any atom is -0.439 e. The van der Waals surface area contributed by atoms with Gasteiger partial charge < -0.3 is 15.8 Å². The Balaban J connectivity index is 0.00000280. The van der Waals surface area contributed by atoms with Crippen molar-refractivity contribution in [3.05, 3.63) is 83.8 Å².